The van der Waals surface area contributed by atoms with Crippen molar-refractivity contribution in [1.29, 1.82) is 0 Å². The van der Waals surface area contributed by atoms with E-state index in [1.165, 1.54) is 0 Å². The van der Waals surface area contributed by atoms with Crippen LogP contribution in [0.2, 0.25) is 0 Å². The second-order valence-corrected chi connectivity index (χ2v) is 10.9. The van der Waals surface area contributed by atoms with Crippen molar-refractivity contribution >= 4 is 24.1 Å². The summed E-state index contributed by atoms with van der Waals surface area (Å²) >= 11 is 0. The Bertz CT molecular complexity index is 1640. The molecule has 0 aliphatic heterocycles. The van der Waals surface area contributed by atoms with E-state index < -0.39 is 30.7 Å². The van der Waals surface area contributed by atoms with Gasteiger partial charge in [0.25, 0.3) is 0 Å². The Labute approximate surface area is 278 Å². The Hall–Kier alpha value is -5.42. The summed E-state index contributed by atoms with van der Waals surface area (Å²) in [7, 11) is 0. The minimum absolute atomic E-state index is 0.0162. The molecule has 1 atom stereocenters. The molecule has 3 aromatic rings. The summed E-state index contributed by atoms with van der Waals surface area (Å²) in [6, 6.07) is 17.5. The van der Waals surface area contributed by atoms with E-state index in [1.54, 1.807) is 42.5 Å². The molecule has 0 saturated heterocycles. The number of hydrogen-bond acceptors (Lipinski definition) is 11. The molecule has 11 heteroatoms. The minimum Gasteiger partial charge on any atom is -0.494 e. The first kappa shape index (κ1) is 35.4. The van der Waals surface area contributed by atoms with E-state index >= 15 is 0 Å². The van der Waals surface area contributed by atoms with Crippen LogP contribution in [0.1, 0.15) is 60.0 Å². The molecule has 1 aliphatic carbocycles. The van der Waals surface area contributed by atoms with Crippen molar-refractivity contribution in [3.8, 4) is 28.4 Å². The van der Waals surface area contributed by atoms with Crippen molar-refractivity contribution in [3.63, 3.8) is 0 Å². The van der Waals surface area contributed by atoms with Crippen LogP contribution in [0.4, 0.5) is 4.79 Å². The van der Waals surface area contributed by atoms with Crippen molar-refractivity contribution in [2.75, 3.05) is 33.0 Å². The number of rotatable bonds is 17. The minimum atomic E-state index is -0.826. The number of esters is 3. The zero-order valence-corrected chi connectivity index (χ0v) is 26.7. The molecule has 0 fully saturated rings. The molecule has 252 valence electrons. The number of fused-ring (bicyclic) bond motifs is 3. The first-order valence-electron chi connectivity index (χ1n) is 15.5. The summed E-state index contributed by atoms with van der Waals surface area (Å²) in [6.07, 6.45) is 2.55. The van der Waals surface area contributed by atoms with Gasteiger partial charge in [-0.15, -0.1) is 0 Å². The largest absolute Gasteiger partial charge is 0.513 e. The highest BCUT2D eigenvalue weighted by Crippen LogP contribution is 2.46. The summed E-state index contributed by atoms with van der Waals surface area (Å²) in [4.78, 5) is 47.7. The number of unbranched alkanes of at least 4 members (excludes halogenated alkanes) is 2. The summed E-state index contributed by atoms with van der Waals surface area (Å²) < 4.78 is 31.7. The molecule has 3 aromatic carbocycles. The molecule has 0 heterocycles. The van der Waals surface area contributed by atoms with Crippen LogP contribution in [0.25, 0.3) is 11.1 Å². The molecule has 48 heavy (non-hydrogen) atoms. The van der Waals surface area contributed by atoms with E-state index in [0.717, 1.165) is 28.3 Å². The van der Waals surface area contributed by atoms with Crippen LogP contribution in [0.5, 0.6) is 17.2 Å². The maximum Gasteiger partial charge on any atom is 0.513 e. The molecule has 1 aliphatic rings. The zero-order chi connectivity index (χ0) is 34.5. The molecule has 0 spiro atoms. The lowest BCUT2D eigenvalue weighted by atomic mass is 9.98. The number of carbonyl (C=O) groups excluding carboxylic acids is 4. The van der Waals surface area contributed by atoms with E-state index in [1.807, 2.05) is 25.1 Å². The lowest BCUT2D eigenvalue weighted by molar-refractivity contribution is -0.140. The smallest absolute Gasteiger partial charge is 0.494 e. The van der Waals surface area contributed by atoms with Crippen LogP contribution in [-0.4, -0.2) is 62.2 Å². The molecular formula is C37H38O11. The van der Waals surface area contributed by atoms with Crippen molar-refractivity contribution in [2.45, 2.75) is 38.5 Å². The Morgan fingerprint density at radius 3 is 2.00 bits per heavy atom. The van der Waals surface area contributed by atoms with E-state index in [0.29, 0.717) is 55.1 Å². The summed E-state index contributed by atoms with van der Waals surface area (Å²) in [6.45, 7) is 9.27. The molecule has 0 amide bonds. The number of carbonyl (C=O) groups is 4. The predicted molar refractivity (Wildman–Crippen MR) is 175 cm³/mol. The summed E-state index contributed by atoms with van der Waals surface area (Å²) in [5, 5.41) is 8.87. The lowest BCUT2D eigenvalue weighted by Gasteiger charge is -2.10. The number of hydrogen-bond donors (Lipinski definition) is 1. The van der Waals surface area contributed by atoms with Gasteiger partial charge in [0.1, 0.15) is 17.2 Å². The highest BCUT2D eigenvalue weighted by molar-refractivity contribution is 5.93. The highest BCUT2D eigenvalue weighted by atomic mass is 16.7. The third-order valence-corrected chi connectivity index (χ3v) is 7.46. The van der Waals surface area contributed by atoms with Gasteiger partial charge in [0, 0.05) is 12.0 Å². The number of benzene rings is 3. The summed E-state index contributed by atoms with van der Waals surface area (Å²) in [5.41, 5.74) is 4.29. The number of aliphatic hydroxyl groups is 1. The fraction of sp³-hybridized carbons (Fsp3) is 0.297. The van der Waals surface area contributed by atoms with E-state index in [9.17, 15) is 19.2 Å². The molecule has 0 radical (unpaired) electrons. The zero-order valence-electron chi connectivity index (χ0n) is 26.7. The van der Waals surface area contributed by atoms with Crippen molar-refractivity contribution < 1.29 is 52.7 Å². The molecule has 11 nitrogen and oxygen atoms in total. The fourth-order valence-corrected chi connectivity index (χ4v) is 4.88. The van der Waals surface area contributed by atoms with Gasteiger partial charge >= 0.3 is 24.1 Å². The summed E-state index contributed by atoms with van der Waals surface area (Å²) in [5.74, 6) is -0.362. The first-order chi connectivity index (χ1) is 23.2. The van der Waals surface area contributed by atoms with Gasteiger partial charge in [0.15, 0.2) is 0 Å². The Kier molecular flexibility index (Phi) is 12.9. The average molecular weight is 659 g/mol. The molecule has 0 saturated carbocycles. The second kappa shape index (κ2) is 17.5. The fourth-order valence-electron chi connectivity index (χ4n) is 4.88. The lowest BCUT2D eigenvalue weighted by Crippen LogP contribution is -2.12. The SMILES string of the molecule is C=CC(=O)OCCCCOC(=O)Oc1ccc2c(c1)C(C)c1cc(C(=O)Oc3ccc(OCCCCOC(=O)C(=C)CO)cc3)ccc1-2. The van der Waals surface area contributed by atoms with Crippen LogP contribution >= 0.6 is 0 Å². The maximum atomic E-state index is 13.0. The molecule has 0 aromatic heterocycles. The third kappa shape index (κ3) is 9.79. The van der Waals surface area contributed by atoms with Gasteiger partial charge < -0.3 is 33.5 Å². The normalized spacial score (nSPS) is 12.6. The van der Waals surface area contributed by atoms with Gasteiger partial charge in [-0.2, -0.15) is 0 Å². The van der Waals surface area contributed by atoms with Gasteiger partial charge in [-0.3, -0.25) is 0 Å². The van der Waals surface area contributed by atoms with Gasteiger partial charge in [0.2, 0.25) is 0 Å². The number of aliphatic hydroxyl groups excluding tert-OH is 1. The van der Waals surface area contributed by atoms with Gasteiger partial charge in [-0.05, 0) is 96.5 Å². The van der Waals surface area contributed by atoms with E-state index in [-0.39, 0.29) is 31.3 Å². The van der Waals surface area contributed by atoms with Crippen molar-refractivity contribution in [3.05, 3.63) is 102 Å². The maximum absolute atomic E-state index is 13.0. The molecule has 0 bridgehead atoms. The molecule has 4 rings (SSSR count). The molecule has 1 unspecified atom stereocenters. The van der Waals surface area contributed by atoms with Crippen LogP contribution in [0, 0.1) is 0 Å². The van der Waals surface area contributed by atoms with Crippen molar-refractivity contribution in [1.82, 2.24) is 0 Å². The third-order valence-electron chi connectivity index (χ3n) is 7.46. The second-order valence-electron chi connectivity index (χ2n) is 10.9. The monoisotopic (exact) mass is 658 g/mol. The molecule has 1 N–H and O–H groups in total. The average Bonchev–Trinajstić information content (AvgIpc) is 3.37. The van der Waals surface area contributed by atoms with E-state index in [4.69, 9.17) is 33.5 Å². The topological polar surface area (TPSA) is 144 Å². The van der Waals surface area contributed by atoms with Crippen LogP contribution < -0.4 is 14.2 Å². The van der Waals surface area contributed by atoms with Gasteiger partial charge in [-0.1, -0.05) is 32.2 Å². The Balaban J connectivity index is 1.23. The van der Waals surface area contributed by atoms with Crippen LogP contribution in [-0.2, 0) is 23.8 Å². The van der Waals surface area contributed by atoms with Crippen molar-refractivity contribution in [2.24, 2.45) is 0 Å². The quantitative estimate of drug-likeness (QED) is 0.0435. The van der Waals surface area contributed by atoms with Crippen LogP contribution in [0.15, 0.2) is 85.5 Å². The van der Waals surface area contributed by atoms with Gasteiger partial charge in [-0.25, -0.2) is 19.2 Å². The Morgan fingerprint density at radius 2 is 1.31 bits per heavy atom. The predicted octanol–water partition coefficient (Wildman–Crippen LogP) is 6.31. The highest BCUT2D eigenvalue weighted by Gasteiger charge is 2.27. The number of ether oxygens (including phenoxy) is 6. The van der Waals surface area contributed by atoms with E-state index in [2.05, 4.69) is 13.2 Å². The first-order valence-corrected chi connectivity index (χ1v) is 15.5. The standard InChI is InChI=1S/C37H38O11/c1-4-34(39)44-18-6-8-20-46-37(42)48-29-14-16-31-30-15-9-26(21-32(30)25(3)33(31)22-29)36(41)47-28-12-10-27(11-13-28)43-17-5-7-19-45-35(40)24(2)23-38/h4,9-16,21-22,25,38H,1-2,5-8,17-20,23H2,3H3. The van der Waals surface area contributed by atoms with Crippen LogP contribution in [0.3, 0.4) is 0 Å². The Morgan fingerprint density at radius 1 is 0.729 bits per heavy atom. The van der Waals surface area contributed by atoms with Gasteiger partial charge in [0.05, 0.1) is 44.2 Å². The molecular weight excluding hydrogens is 620 g/mol.